The Morgan fingerprint density at radius 1 is 1.18 bits per heavy atom. The van der Waals surface area contributed by atoms with E-state index in [9.17, 15) is 18.7 Å². The molecule has 1 aliphatic rings. The highest BCUT2D eigenvalue weighted by molar-refractivity contribution is 6.35. The van der Waals surface area contributed by atoms with Gasteiger partial charge in [-0.3, -0.25) is 4.79 Å². The van der Waals surface area contributed by atoms with Crippen LogP contribution in [0.3, 0.4) is 0 Å². The van der Waals surface area contributed by atoms with Gasteiger partial charge in [-0.2, -0.15) is 0 Å². The van der Waals surface area contributed by atoms with Gasteiger partial charge in [-0.15, -0.1) is 0 Å². The average molecular weight is 449 g/mol. The van der Waals surface area contributed by atoms with Crippen LogP contribution in [-0.4, -0.2) is 22.8 Å². The molecule has 0 heterocycles. The molecule has 1 atom stereocenters. The van der Waals surface area contributed by atoms with Crippen LogP contribution in [-0.2, 0) is 0 Å². The van der Waals surface area contributed by atoms with Gasteiger partial charge in [0, 0.05) is 5.02 Å². The molecular weight excluding hydrogens is 431 g/mol. The summed E-state index contributed by atoms with van der Waals surface area (Å²) in [5.74, 6) is -1.28. The van der Waals surface area contributed by atoms with E-state index < -0.39 is 29.5 Å². The monoisotopic (exact) mass is 447 g/mol. The second-order valence-electron chi connectivity index (χ2n) is 6.95. The summed E-state index contributed by atoms with van der Waals surface area (Å²) in [5, 5.41) is 14.2. The molecule has 0 radical (unpaired) electrons. The minimum absolute atomic E-state index is 0.0925. The van der Waals surface area contributed by atoms with E-state index in [0.29, 0.717) is 5.02 Å². The maximum absolute atomic E-state index is 14.0. The van der Waals surface area contributed by atoms with E-state index in [2.05, 4.69) is 5.32 Å². The zero-order chi connectivity index (χ0) is 20.5. The first-order chi connectivity index (χ1) is 13.2. The molecule has 2 aromatic rings. The van der Waals surface area contributed by atoms with Gasteiger partial charge in [-0.1, -0.05) is 46.9 Å². The van der Waals surface area contributed by atoms with Crippen LogP contribution in [0.2, 0.25) is 15.1 Å². The van der Waals surface area contributed by atoms with Gasteiger partial charge in [0.2, 0.25) is 0 Å². The fraction of sp³-hybridized carbons (Fsp3) is 0.350. The van der Waals surface area contributed by atoms with Crippen molar-refractivity contribution >= 4 is 40.7 Å². The number of hydrogen-bond donors (Lipinski definition) is 2. The zero-order valence-electron chi connectivity index (χ0n) is 14.7. The van der Waals surface area contributed by atoms with Crippen molar-refractivity contribution in [2.75, 3.05) is 0 Å². The molecule has 1 amide bonds. The maximum atomic E-state index is 14.0. The molecule has 1 saturated carbocycles. The summed E-state index contributed by atoms with van der Waals surface area (Å²) in [7, 11) is 0. The van der Waals surface area contributed by atoms with E-state index in [-0.39, 0.29) is 46.9 Å². The number of carbonyl (C=O) groups excluding carboxylic acids is 1. The molecule has 1 fully saturated rings. The largest absolute Gasteiger partial charge is 0.387 e. The Morgan fingerprint density at radius 3 is 2.54 bits per heavy atom. The molecular formula is C20H18Cl3F2NO2. The van der Waals surface area contributed by atoms with Gasteiger partial charge in [0.1, 0.15) is 12.0 Å². The van der Waals surface area contributed by atoms with Crippen molar-refractivity contribution in [1.82, 2.24) is 5.32 Å². The third-order valence-electron chi connectivity index (χ3n) is 5.06. The maximum Gasteiger partial charge on any atom is 0.253 e. The lowest BCUT2D eigenvalue weighted by atomic mass is 9.76. The quantitative estimate of drug-likeness (QED) is 0.612. The van der Waals surface area contributed by atoms with Gasteiger partial charge in [0.05, 0.1) is 27.3 Å². The number of benzene rings is 2. The summed E-state index contributed by atoms with van der Waals surface area (Å²) in [6.07, 6.45) is -0.576. The van der Waals surface area contributed by atoms with Gasteiger partial charge in [-0.05, 0) is 55.5 Å². The van der Waals surface area contributed by atoms with Crippen LogP contribution in [0, 0.1) is 5.82 Å². The van der Waals surface area contributed by atoms with Crippen molar-refractivity contribution in [1.29, 1.82) is 0 Å². The Labute approximate surface area is 176 Å². The highest BCUT2D eigenvalue weighted by Crippen LogP contribution is 2.42. The molecule has 0 aliphatic heterocycles. The first-order valence-electron chi connectivity index (χ1n) is 8.77. The smallest absolute Gasteiger partial charge is 0.253 e. The zero-order valence-corrected chi connectivity index (χ0v) is 17.0. The van der Waals surface area contributed by atoms with Crippen molar-refractivity contribution in [2.45, 2.75) is 43.5 Å². The molecule has 1 unspecified atom stereocenters. The van der Waals surface area contributed by atoms with E-state index in [0.717, 1.165) is 0 Å². The molecule has 3 rings (SSSR count). The van der Waals surface area contributed by atoms with Gasteiger partial charge in [0.25, 0.3) is 5.91 Å². The first kappa shape index (κ1) is 21.3. The van der Waals surface area contributed by atoms with Gasteiger partial charge >= 0.3 is 0 Å². The molecule has 150 valence electrons. The third kappa shape index (κ3) is 4.43. The SMILES string of the molecule is O=C(NC(c1cccc(F)c1Cl)C1(O)CCC(F)CC1)c1cc(Cl)ccc1Cl. The molecule has 0 spiro atoms. The van der Waals surface area contributed by atoms with Crippen LogP contribution < -0.4 is 5.32 Å². The van der Waals surface area contributed by atoms with Gasteiger partial charge < -0.3 is 10.4 Å². The van der Waals surface area contributed by atoms with Crippen molar-refractivity contribution < 1.29 is 18.7 Å². The van der Waals surface area contributed by atoms with Crippen molar-refractivity contribution in [2.24, 2.45) is 0 Å². The van der Waals surface area contributed by atoms with E-state index in [4.69, 9.17) is 34.8 Å². The minimum atomic E-state index is -1.49. The molecule has 3 nitrogen and oxygen atoms in total. The molecule has 1 aliphatic carbocycles. The lowest BCUT2D eigenvalue weighted by Crippen LogP contribution is -2.48. The highest BCUT2D eigenvalue weighted by Gasteiger charge is 2.43. The van der Waals surface area contributed by atoms with Gasteiger partial charge in [0.15, 0.2) is 0 Å². The van der Waals surface area contributed by atoms with Crippen molar-refractivity contribution in [3.63, 3.8) is 0 Å². The minimum Gasteiger partial charge on any atom is -0.387 e. The van der Waals surface area contributed by atoms with E-state index in [1.54, 1.807) is 0 Å². The number of aliphatic hydroxyl groups is 1. The molecule has 28 heavy (non-hydrogen) atoms. The van der Waals surface area contributed by atoms with Gasteiger partial charge in [-0.25, -0.2) is 8.78 Å². The molecule has 2 aromatic carbocycles. The normalized spacial score (nSPS) is 23.3. The summed E-state index contributed by atoms with van der Waals surface area (Å²) in [6.45, 7) is 0. The number of halogens is 5. The summed E-state index contributed by atoms with van der Waals surface area (Å²) >= 11 is 18.2. The second kappa shape index (κ2) is 8.54. The second-order valence-corrected chi connectivity index (χ2v) is 8.17. The van der Waals surface area contributed by atoms with Crippen molar-refractivity contribution in [3.05, 3.63) is 68.4 Å². The molecule has 8 heteroatoms. The lowest BCUT2D eigenvalue weighted by molar-refractivity contribution is -0.0445. The summed E-state index contributed by atoms with van der Waals surface area (Å²) in [4.78, 5) is 12.9. The summed E-state index contributed by atoms with van der Waals surface area (Å²) < 4.78 is 27.7. The predicted molar refractivity (Wildman–Crippen MR) is 106 cm³/mol. The Morgan fingerprint density at radius 2 is 1.86 bits per heavy atom. The number of hydrogen-bond acceptors (Lipinski definition) is 2. The Balaban J connectivity index is 2.00. The van der Waals surface area contributed by atoms with E-state index in [1.807, 2.05) is 0 Å². The van der Waals surface area contributed by atoms with Crippen LogP contribution in [0.5, 0.6) is 0 Å². The standard InChI is InChI=1S/C20H18Cl3F2NO2/c21-11-4-5-15(22)14(10-11)19(27)26-18(13-2-1-3-16(25)17(13)23)20(28)8-6-12(24)7-9-20/h1-5,10,12,18,28H,6-9H2,(H,26,27). The van der Waals surface area contributed by atoms with Crippen LogP contribution in [0.4, 0.5) is 8.78 Å². The lowest BCUT2D eigenvalue weighted by Gasteiger charge is -2.41. The number of amides is 1. The van der Waals surface area contributed by atoms with E-state index in [1.165, 1.54) is 36.4 Å². The molecule has 2 N–H and O–H groups in total. The van der Waals surface area contributed by atoms with E-state index >= 15 is 0 Å². The van der Waals surface area contributed by atoms with Crippen LogP contribution >= 0.6 is 34.8 Å². The molecule has 0 aromatic heterocycles. The number of alkyl halides is 1. The van der Waals surface area contributed by atoms with Crippen LogP contribution in [0.25, 0.3) is 0 Å². The first-order valence-corrected chi connectivity index (χ1v) is 9.91. The Bertz CT molecular complexity index is 886. The van der Waals surface area contributed by atoms with Crippen LogP contribution in [0.1, 0.15) is 47.6 Å². The topological polar surface area (TPSA) is 49.3 Å². The number of carbonyl (C=O) groups is 1. The molecule has 0 bridgehead atoms. The summed E-state index contributed by atoms with van der Waals surface area (Å²) in [6, 6.07) is 7.50. The Hall–Kier alpha value is -1.40. The summed E-state index contributed by atoms with van der Waals surface area (Å²) in [5.41, 5.74) is -1.16. The number of rotatable bonds is 4. The molecule has 0 saturated heterocycles. The average Bonchev–Trinajstić information content (AvgIpc) is 2.66. The highest BCUT2D eigenvalue weighted by atomic mass is 35.5. The Kier molecular flexibility index (Phi) is 6.50. The fourth-order valence-corrected chi connectivity index (χ4v) is 4.11. The fourth-order valence-electron chi connectivity index (χ4n) is 3.50. The van der Waals surface area contributed by atoms with Crippen LogP contribution in [0.15, 0.2) is 36.4 Å². The number of nitrogens with one attached hydrogen (secondary N) is 1. The van der Waals surface area contributed by atoms with Crippen molar-refractivity contribution in [3.8, 4) is 0 Å². The predicted octanol–water partition coefficient (Wildman–Crippen LogP) is 5.90. The third-order valence-corrected chi connectivity index (χ3v) is 6.02.